The van der Waals surface area contributed by atoms with Crippen LogP contribution in [-0.4, -0.2) is 52.0 Å². The molecule has 2 fully saturated rings. The van der Waals surface area contributed by atoms with E-state index >= 15 is 0 Å². The summed E-state index contributed by atoms with van der Waals surface area (Å²) in [5, 5.41) is 6.38. The number of methoxy groups -OCH3 is 1. The van der Waals surface area contributed by atoms with Gasteiger partial charge in [-0.05, 0) is 37.6 Å². The monoisotopic (exact) mass is 270 g/mol. The van der Waals surface area contributed by atoms with Crippen molar-refractivity contribution in [1.82, 2.24) is 10.6 Å². The standard InChI is InChI=1S/C14H26N2O3/c1-18-8-9-19-7-3-6-15-14(17)13-12-5-2-4-11(12)10-16-13/h11-13,16H,2-10H2,1H3,(H,15,17). The molecule has 0 aromatic rings. The van der Waals surface area contributed by atoms with Crippen molar-refractivity contribution in [3.8, 4) is 0 Å². The van der Waals surface area contributed by atoms with E-state index in [0.29, 0.717) is 32.3 Å². The van der Waals surface area contributed by atoms with Gasteiger partial charge in [0, 0.05) is 20.3 Å². The van der Waals surface area contributed by atoms with E-state index in [2.05, 4.69) is 10.6 Å². The topological polar surface area (TPSA) is 59.6 Å². The van der Waals surface area contributed by atoms with Crippen molar-refractivity contribution in [1.29, 1.82) is 0 Å². The first kappa shape index (κ1) is 14.8. The van der Waals surface area contributed by atoms with Gasteiger partial charge in [0.2, 0.25) is 5.91 Å². The largest absolute Gasteiger partial charge is 0.382 e. The zero-order valence-electron chi connectivity index (χ0n) is 11.8. The lowest BCUT2D eigenvalue weighted by Gasteiger charge is -2.17. The molecular formula is C14H26N2O3. The molecule has 1 heterocycles. The fourth-order valence-electron chi connectivity index (χ4n) is 3.21. The fourth-order valence-corrected chi connectivity index (χ4v) is 3.21. The number of fused-ring (bicyclic) bond motifs is 1. The molecule has 2 N–H and O–H groups in total. The Bertz CT molecular complexity index is 286. The van der Waals surface area contributed by atoms with Gasteiger partial charge >= 0.3 is 0 Å². The zero-order valence-corrected chi connectivity index (χ0v) is 11.8. The van der Waals surface area contributed by atoms with Crippen molar-refractivity contribution in [3.05, 3.63) is 0 Å². The van der Waals surface area contributed by atoms with Crippen molar-refractivity contribution in [2.24, 2.45) is 11.8 Å². The van der Waals surface area contributed by atoms with Crippen LogP contribution >= 0.6 is 0 Å². The van der Waals surface area contributed by atoms with Gasteiger partial charge in [0.05, 0.1) is 19.3 Å². The van der Waals surface area contributed by atoms with Gasteiger partial charge < -0.3 is 20.1 Å². The summed E-state index contributed by atoms with van der Waals surface area (Å²) < 4.78 is 10.2. The summed E-state index contributed by atoms with van der Waals surface area (Å²) in [5.74, 6) is 1.47. The molecule has 1 saturated heterocycles. The van der Waals surface area contributed by atoms with Gasteiger partial charge in [-0.2, -0.15) is 0 Å². The van der Waals surface area contributed by atoms with Crippen LogP contribution in [0.3, 0.4) is 0 Å². The molecule has 110 valence electrons. The number of hydrogen-bond donors (Lipinski definition) is 2. The highest BCUT2D eigenvalue weighted by Crippen LogP contribution is 2.37. The van der Waals surface area contributed by atoms with Crippen molar-refractivity contribution in [2.45, 2.75) is 31.7 Å². The molecule has 1 amide bonds. The molecule has 0 bridgehead atoms. The smallest absolute Gasteiger partial charge is 0.237 e. The van der Waals surface area contributed by atoms with Gasteiger partial charge in [0.1, 0.15) is 0 Å². The van der Waals surface area contributed by atoms with Crippen LogP contribution in [-0.2, 0) is 14.3 Å². The second-order valence-electron chi connectivity index (χ2n) is 5.49. The minimum Gasteiger partial charge on any atom is -0.382 e. The normalized spacial score (nSPS) is 29.4. The minimum absolute atomic E-state index is 0.0434. The molecule has 1 aliphatic heterocycles. The van der Waals surface area contributed by atoms with Crippen LogP contribution in [0.15, 0.2) is 0 Å². The fraction of sp³-hybridized carbons (Fsp3) is 0.929. The van der Waals surface area contributed by atoms with E-state index in [4.69, 9.17) is 9.47 Å². The first-order valence-electron chi connectivity index (χ1n) is 7.40. The lowest BCUT2D eigenvalue weighted by atomic mass is 9.93. The summed E-state index contributed by atoms with van der Waals surface area (Å²) >= 11 is 0. The Hall–Kier alpha value is -0.650. The Labute approximate surface area is 115 Å². The van der Waals surface area contributed by atoms with E-state index in [-0.39, 0.29) is 11.9 Å². The second-order valence-corrected chi connectivity index (χ2v) is 5.49. The minimum atomic E-state index is 0.0434. The molecule has 5 heteroatoms. The highest BCUT2D eigenvalue weighted by atomic mass is 16.5. The quantitative estimate of drug-likeness (QED) is 0.632. The number of ether oxygens (including phenoxy) is 2. The Morgan fingerprint density at radius 2 is 2.21 bits per heavy atom. The van der Waals surface area contributed by atoms with Gasteiger partial charge in [0.25, 0.3) is 0 Å². The van der Waals surface area contributed by atoms with Crippen LogP contribution in [0, 0.1) is 11.8 Å². The number of carbonyl (C=O) groups excluding carboxylic acids is 1. The summed E-state index contributed by atoms with van der Waals surface area (Å²) in [7, 11) is 1.66. The average molecular weight is 270 g/mol. The summed E-state index contributed by atoms with van der Waals surface area (Å²) in [6.45, 7) is 3.64. The molecule has 2 rings (SSSR count). The van der Waals surface area contributed by atoms with Crippen molar-refractivity contribution < 1.29 is 14.3 Å². The third-order valence-corrected chi connectivity index (χ3v) is 4.22. The number of amides is 1. The molecule has 3 unspecified atom stereocenters. The number of rotatable bonds is 8. The maximum Gasteiger partial charge on any atom is 0.237 e. The van der Waals surface area contributed by atoms with Crippen LogP contribution < -0.4 is 10.6 Å². The van der Waals surface area contributed by atoms with E-state index in [0.717, 1.165) is 18.9 Å². The molecule has 0 spiro atoms. The lowest BCUT2D eigenvalue weighted by Crippen LogP contribution is -2.44. The molecule has 1 aliphatic carbocycles. The molecule has 0 aromatic carbocycles. The summed E-state index contributed by atoms with van der Waals surface area (Å²) in [5.41, 5.74) is 0. The van der Waals surface area contributed by atoms with Crippen LogP contribution in [0.1, 0.15) is 25.7 Å². The van der Waals surface area contributed by atoms with Crippen LogP contribution in [0.4, 0.5) is 0 Å². The van der Waals surface area contributed by atoms with E-state index in [9.17, 15) is 4.79 Å². The third kappa shape index (κ3) is 4.16. The first-order chi connectivity index (χ1) is 9.33. The van der Waals surface area contributed by atoms with Crippen LogP contribution in [0.2, 0.25) is 0 Å². The molecular weight excluding hydrogens is 244 g/mol. The van der Waals surface area contributed by atoms with Crippen molar-refractivity contribution in [2.75, 3.05) is 40.0 Å². The Balaban J connectivity index is 1.55. The summed E-state index contributed by atoms with van der Waals surface area (Å²) in [6.07, 6.45) is 4.63. The molecule has 0 aromatic heterocycles. The highest BCUT2D eigenvalue weighted by molar-refractivity contribution is 5.82. The van der Waals surface area contributed by atoms with E-state index in [1.807, 2.05) is 0 Å². The van der Waals surface area contributed by atoms with Gasteiger partial charge in [-0.1, -0.05) is 6.42 Å². The predicted molar refractivity (Wildman–Crippen MR) is 72.9 cm³/mol. The Kier molecular flexibility index (Phi) is 6.07. The zero-order chi connectivity index (χ0) is 13.5. The molecule has 2 aliphatic rings. The van der Waals surface area contributed by atoms with Crippen LogP contribution in [0.5, 0.6) is 0 Å². The van der Waals surface area contributed by atoms with Crippen molar-refractivity contribution >= 4 is 5.91 Å². The molecule has 1 saturated carbocycles. The molecule has 19 heavy (non-hydrogen) atoms. The SMILES string of the molecule is COCCOCCCNC(=O)C1NCC2CCCC21. The lowest BCUT2D eigenvalue weighted by molar-refractivity contribution is -0.123. The summed E-state index contributed by atoms with van der Waals surface area (Å²) in [6, 6.07) is 0.0434. The highest BCUT2D eigenvalue weighted by Gasteiger charge is 2.42. The number of carbonyl (C=O) groups is 1. The average Bonchev–Trinajstić information content (AvgIpc) is 2.99. The maximum absolute atomic E-state index is 12.1. The van der Waals surface area contributed by atoms with E-state index in [1.54, 1.807) is 7.11 Å². The van der Waals surface area contributed by atoms with Gasteiger partial charge in [-0.25, -0.2) is 0 Å². The molecule has 5 nitrogen and oxygen atoms in total. The van der Waals surface area contributed by atoms with Crippen LogP contribution in [0.25, 0.3) is 0 Å². The molecule has 0 radical (unpaired) electrons. The third-order valence-electron chi connectivity index (χ3n) is 4.22. The predicted octanol–water partition coefficient (Wildman–Crippen LogP) is 0.544. The van der Waals surface area contributed by atoms with E-state index in [1.165, 1.54) is 19.3 Å². The number of hydrogen-bond acceptors (Lipinski definition) is 4. The summed E-state index contributed by atoms with van der Waals surface area (Å²) in [4.78, 5) is 12.1. The number of nitrogens with one attached hydrogen (secondary N) is 2. The Morgan fingerprint density at radius 1 is 1.32 bits per heavy atom. The maximum atomic E-state index is 12.1. The Morgan fingerprint density at radius 3 is 3.05 bits per heavy atom. The molecule has 3 atom stereocenters. The van der Waals surface area contributed by atoms with Gasteiger partial charge in [-0.3, -0.25) is 4.79 Å². The van der Waals surface area contributed by atoms with Crippen molar-refractivity contribution in [3.63, 3.8) is 0 Å². The first-order valence-corrected chi connectivity index (χ1v) is 7.40. The van der Waals surface area contributed by atoms with Gasteiger partial charge in [0.15, 0.2) is 0 Å². The van der Waals surface area contributed by atoms with E-state index < -0.39 is 0 Å². The second kappa shape index (κ2) is 7.82. The van der Waals surface area contributed by atoms with Gasteiger partial charge in [-0.15, -0.1) is 0 Å².